The quantitative estimate of drug-likeness (QED) is 0.153. The molecule has 39 heavy (non-hydrogen) atoms. The Morgan fingerprint density at radius 1 is 0.974 bits per heavy atom. The van der Waals surface area contributed by atoms with Gasteiger partial charge in [-0.25, -0.2) is 4.79 Å². The number of carbonyl (C=O) groups excluding carboxylic acids is 4. The lowest BCUT2D eigenvalue weighted by Crippen LogP contribution is -2.53. The van der Waals surface area contributed by atoms with Crippen LogP contribution in [0, 0.1) is 20.9 Å². The van der Waals surface area contributed by atoms with E-state index in [0.29, 0.717) is 39.1 Å². The molecule has 0 aromatic carbocycles. The van der Waals surface area contributed by atoms with Gasteiger partial charge in [-0.15, -0.1) is 10.1 Å². The highest BCUT2D eigenvalue weighted by molar-refractivity contribution is 5.87. The van der Waals surface area contributed by atoms with Crippen molar-refractivity contribution in [3.8, 4) is 0 Å². The summed E-state index contributed by atoms with van der Waals surface area (Å²) in [5.74, 6) is -1.59. The molecule has 224 valence electrons. The number of esters is 2. The summed E-state index contributed by atoms with van der Waals surface area (Å²) in [6, 6.07) is -0.971. The SMILES string of the molecule is CC(C)(C)OC(=O)CC[C@H](NC(=O)C(C)(C)C)C(=O)OCCCN1CCN(C(=O)C(C)(C)CO[N+](=O)[O-])CC1. The van der Waals surface area contributed by atoms with E-state index < -0.39 is 39.5 Å². The normalized spacial score (nSPS) is 15.7. The standard InChI is InChI=1S/C26H46N4O9/c1-24(2,3)22(33)27-19(10-11-20(31)39-25(4,5)6)21(32)37-17-9-12-28-13-15-29(16-14-28)23(34)26(7,8)18-38-30(35)36/h19H,9-18H2,1-8H3,(H,27,33)/t19-/m0/s1. The van der Waals surface area contributed by atoms with Crippen LogP contribution in [-0.4, -0.2) is 96.2 Å². The maximum Gasteiger partial charge on any atom is 0.328 e. The summed E-state index contributed by atoms with van der Waals surface area (Å²) in [4.78, 5) is 68.8. The van der Waals surface area contributed by atoms with Crippen molar-refractivity contribution in [3.05, 3.63) is 10.1 Å². The summed E-state index contributed by atoms with van der Waals surface area (Å²) in [5, 5.41) is 12.3. The Hall–Kier alpha value is -2.96. The van der Waals surface area contributed by atoms with Crippen LogP contribution in [-0.2, 0) is 33.5 Å². The molecule has 1 aliphatic heterocycles. The zero-order valence-corrected chi connectivity index (χ0v) is 24.7. The number of nitrogens with zero attached hydrogens (tertiary/aromatic N) is 3. The smallest absolute Gasteiger partial charge is 0.328 e. The lowest BCUT2D eigenvalue weighted by molar-refractivity contribution is -0.760. The number of hydrogen-bond acceptors (Lipinski definition) is 10. The van der Waals surface area contributed by atoms with Crippen LogP contribution in [0.25, 0.3) is 0 Å². The highest BCUT2D eigenvalue weighted by Gasteiger charge is 2.35. The number of carbonyl (C=O) groups is 4. The summed E-state index contributed by atoms with van der Waals surface area (Å²) in [5.41, 5.74) is -2.38. The fourth-order valence-electron chi connectivity index (χ4n) is 3.72. The fourth-order valence-corrected chi connectivity index (χ4v) is 3.72. The molecule has 0 radical (unpaired) electrons. The molecule has 1 rings (SSSR count). The number of nitrogens with one attached hydrogen (secondary N) is 1. The van der Waals surface area contributed by atoms with Crippen molar-refractivity contribution < 1.29 is 38.6 Å². The molecule has 0 spiro atoms. The molecular formula is C26H46N4O9. The molecule has 1 N–H and O–H groups in total. The van der Waals surface area contributed by atoms with Crippen molar-refractivity contribution in [3.63, 3.8) is 0 Å². The van der Waals surface area contributed by atoms with Gasteiger partial charge in [0.15, 0.2) is 0 Å². The first-order valence-electron chi connectivity index (χ1n) is 13.3. The molecule has 1 aliphatic rings. The minimum absolute atomic E-state index is 0.0422. The molecule has 0 saturated carbocycles. The van der Waals surface area contributed by atoms with Gasteiger partial charge in [-0.2, -0.15) is 0 Å². The van der Waals surface area contributed by atoms with E-state index >= 15 is 0 Å². The van der Waals surface area contributed by atoms with Crippen LogP contribution < -0.4 is 5.32 Å². The molecule has 1 saturated heterocycles. The van der Waals surface area contributed by atoms with Crippen molar-refractivity contribution >= 4 is 23.8 Å². The molecule has 0 aromatic rings. The number of ether oxygens (including phenoxy) is 2. The number of amides is 2. The van der Waals surface area contributed by atoms with Crippen LogP contribution in [0.15, 0.2) is 0 Å². The van der Waals surface area contributed by atoms with Gasteiger partial charge in [0.05, 0.1) is 12.0 Å². The fraction of sp³-hybridized carbons (Fsp3) is 0.846. The van der Waals surface area contributed by atoms with Gasteiger partial charge in [0.25, 0.3) is 5.09 Å². The van der Waals surface area contributed by atoms with Crippen molar-refractivity contribution in [2.45, 2.75) is 86.3 Å². The van der Waals surface area contributed by atoms with Crippen molar-refractivity contribution in [2.24, 2.45) is 10.8 Å². The third-order valence-corrected chi connectivity index (χ3v) is 5.96. The van der Waals surface area contributed by atoms with Crippen LogP contribution in [0.1, 0.15) is 74.7 Å². The predicted molar refractivity (Wildman–Crippen MR) is 142 cm³/mol. The minimum Gasteiger partial charge on any atom is -0.464 e. The maximum absolute atomic E-state index is 12.8. The first kappa shape index (κ1) is 34.1. The second-order valence-electron chi connectivity index (χ2n) is 12.4. The molecular weight excluding hydrogens is 512 g/mol. The van der Waals surface area contributed by atoms with Crippen LogP contribution in [0.4, 0.5) is 0 Å². The second kappa shape index (κ2) is 14.4. The average Bonchev–Trinajstić information content (AvgIpc) is 2.81. The highest BCUT2D eigenvalue weighted by atomic mass is 16.9. The summed E-state index contributed by atoms with van der Waals surface area (Å²) in [6.45, 7) is 16.3. The highest BCUT2D eigenvalue weighted by Crippen LogP contribution is 2.21. The number of rotatable bonds is 13. The Balaban J connectivity index is 2.52. The maximum atomic E-state index is 12.8. The third-order valence-electron chi connectivity index (χ3n) is 5.96. The largest absolute Gasteiger partial charge is 0.464 e. The Kier molecular flexibility index (Phi) is 12.6. The van der Waals surface area contributed by atoms with E-state index in [1.54, 1.807) is 60.3 Å². The first-order valence-corrected chi connectivity index (χ1v) is 13.3. The first-order chi connectivity index (χ1) is 17.8. The van der Waals surface area contributed by atoms with Crippen molar-refractivity contribution in [1.29, 1.82) is 0 Å². The number of hydrogen-bond donors (Lipinski definition) is 1. The van der Waals surface area contributed by atoms with Gasteiger partial charge >= 0.3 is 11.9 Å². The predicted octanol–water partition coefficient (Wildman–Crippen LogP) is 1.95. The molecule has 1 fully saturated rings. The topological polar surface area (TPSA) is 158 Å². The Morgan fingerprint density at radius 2 is 1.56 bits per heavy atom. The molecule has 0 aliphatic carbocycles. The summed E-state index contributed by atoms with van der Waals surface area (Å²) in [6.07, 6.45) is 0.571. The van der Waals surface area contributed by atoms with Crippen molar-refractivity contribution in [2.75, 3.05) is 45.9 Å². The molecule has 13 heteroatoms. The summed E-state index contributed by atoms with van der Waals surface area (Å²) < 4.78 is 10.7. The Morgan fingerprint density at radius 3 is 2.08 bits per heavy atom. The van der Waals surface area contributed by atoms with E-state index in [1.165, 1.54) is 0 Å². The lowest BCUT2D eigenvalue weighted by atomic mass is 9.92. The minimum atomic E-state index is -1.01. The van der Waals surface area contributed by atoms with Crippen LogP contribution in [0.3, 0.4) is 0 Å². The monoisotopic (exact) mass is 558 g/mol. The van der Waals surface area contributed by atoms with E-state index in [-0.39, 0.29) is 37.9 Å². The number of piperazine rings is 1. The van der Waals surface area contributed by atoms with Gasteiger partial charge in [0, 0.05) is 44.6 Å². The summed E-state index contributed by atoms with van der Waals surface area (Å²) >= 11 is 0. The van der Waals surface area contributed by atoms with E-state index in [9.17, 15) is 29.3 Å². The molecule has 13 nitrogen and oxygen atoms in total. The lowest BCUT2D eigenvalue weighted by Gasteiger charge is -2.38. The Labute approximate surface area is 231 Å². The average molecular weight is 559 g/mol. The molecule has 1 atom stereocenters. The zero-order chi connectivity index (χ0) is 30.0. The van der Waals surface area contributed by atoms with Gasteiger partial charge in [0.1, 0.15) is 18.2 Å². The van der Waals surface area contributed by atoms with E-state index in [2.05, 4.69) is 15.1 Å². The van der Waals surface area contributed by atoms with Gasteiger partial charge in [-0.3, -0.25) is 19.3 Å². The summed E-state index contributed by atoms with van der Waals surface area (Å²) in [7, 11) is 0. The molecule has 0 bridgehead atoms. The van der Waals surface area contributed by atoms with Crippen LogP contribution in [0.5, 0.6) is 0 Å². The molecule has 0 aromatic heterocycles. The molecule has 2 amide bonds. The second-order valence-corrected chi connectivity index (χ2v) is 12.4. The zero-order valence-electron chi connectivity index (χ0n) is 24.7. The molecule has 0 unspecified atom stereocenters. The van der Waals surface area contributed by atoms with Gasteiger partial charge in [0.2, 0.25) is 11.8 Å². The van der Waals surface area contributed by atoms with Crippen LogP contribution in [0.2, 0.25) is 0 Å². The van der Waals surface area contributed by atoms with Crippen molar-refractivity contribution in [1.82, 2.24) is 15.1 Å². The van der Waals surface area contributed by atoms with E-state index in [1.807, 2.05) is 0 Å². The Bertz CT molecular complexity index is 870. The van der Waals surface area contributed by atoms with Gasteiger partial charge in [-0.1, -0.05) is 20.8 Å². The van der Waals surface area contributed by atoms with Gasteiger partial charge < -0.3 is 24.5 Å². The van der Waals surface area contributed by atoms with Gasteiger partial charge in [-0.05, 0) is 47.5 Å². The molecule has 1 heterocycles. The third kappa shape index (κ3) is 13.1. The van der Waals surface area contributed by atoms with E-state index in [4.69, 9.17) is 9.47 Å². The van der Waals surface area contributed by atoms with Crippen LogP contribution >= 0.6 is 0 Å². The van der Waals surface area contributed by atoms with E-state index in [0.717, 1.165) is 0 Å².